The zero-order valence-electron chi connectivity index (χ0n) is 20.6. The van der Waals surface area contributed by atoms with E-state index in [1.807, 2.05) is 91.5 Å². The number of benzene rings is 3. The second-order valence-electron chi connectivity index (χ2n) is 9.05. The van der Waals surface area contributed by atoms with Crippen molar-refractivity contribution in [3.8, 4) is 5.75 Å². The minimum Gasteiger partial charge on any atom is -0.489 e. The second kappa shape index (κ2) is 11.0. The maximum atomic E-state index is 13.0. The van der Waals surface area contributed by atoms with Crippen LogP contribution in [-0.4, -0.2) is 34.7 Å². The van der Waals surface area contributed by atoms with Gasteiger partial charge in [-0.25, -0.2) is 0 Å². The molecule has 0 saturated heterocycles. The average molecular weight is 469 g/mol. The molecule has 3 aromatic carbocycles. The Labute approximate surface area is 206 Å². The molecule has 0 aliphatic heterocycles. The zero-order valence-corrected chi connectivity index (χ0v) is 20.6. The molecule has 1 atom stereocenters. The van der Waals surface area contributed by atoms with Gasteiger partial charge in [-0.05, 0) is 48.2 Å². The lowest BCUT2D eigenvalue weighted by Gasteiger charge is -2.18. The first-order valence-electron chi connectivity index (χ1n) is 12.0. The number of ether oxygens (including phenoxy) is 1. The molecule has 4 rings (SSSR count). The van der Waals surface area contributed by atoms with E-state index in [1.165, 1.54) is 5.56 Å². The Morgan fingerprint density at radius 1 is 0.943 bits per heavy atom. The Bertz CT molecular complexity index is 1300. The van der Waals surface area contributed by atoms with Crippen LogP contribution in [0.5, 0.6) is 5.75 Å². The first kappa shape index (κ1) is 24.3. The summed E-state index contributed by atoms with van der Waals surface area (Å²) in [6.07, 6.45) is 2.75. The van der Waals surface area contributed by atoms with Crippen LogP contribution in [0.2, 0.25) is 0 Å². The van der Waals surface area contributed by atoms with Crippen LogP contribution in [0.1, 0.15) is 36.5 Å². The number of likely N-dealkylation sites (N-methyl/N-ethyl adjacent to an activating group) is 1. The lowest BCUT2D eigenvalue weighted by Crippen LogP contribution is -2.31. The van der Waals surface area contributed by atoms with Crippen molar-refractivity contribution >= 4 is 22.6 Å². The van der Waals surface area contributed by atoms with Gasteiger partial charge in [-0.2, -0.15) is 0 Å². The van der Waals surface area contributed by atoms with Gasteiger partial charge in [0.1, 0.15) is 24.7 Å². The zero-order chi connectivity index (χ0) is 24.8. The number of nitrogens with zero attached hydrogens (tertiary/aromatic N) is 2. The molecule has 0 aliphatic rings. The van der Waals surface area contributed by atoms with Gasteiger partial charge in [0.15, 0.2) is 0 Å². The third kappa shape index (κ3) is 5.99. The summed E-state index contributed by atoms with van der Waals surface area (Å²) >= 11 is 0. The van der Waals surface area contributed by atoms with E-state index in [0.29, 0.717) is 13.2 Å². The fourth-order valence-electron chi connectivity index (χ4n) is 4.16. The molecule has 0 bridgehead atoms. The van der Waals surface area contributed by atoms with Gasteiger partial charge >= 0.3 is 0 Å². The molecule has 1 amide bonds. The van der Waals surface area contributed by atoms with Crippen molar-refractivity contribution in [1.82, 2.24) is 9.47 Å². The SMILES string of the molecule is CC(=O)C(C)c1cn(CC(=O)N(C)CCc2ccccc2)c2ccc(OCc3ccccc3)cc12. The van der Waals surface area contributed by atoms with E-state index >= 15 is 0 Å². The number of hydrogen-bond donors (Lipinski definition) is 0. The van der Waals surface area contributed by atoms with Crippen LogP contribution in [0, 0.1) is 0 Å². The van der Waals surface area contributed by atoms with Gasteiger partial charge in [-0.3, -0.25) is 9.59 Å². The summed E-state index contributed by atoms with van der Waals surface area (Å²) in [6.45, 7) is 4.85. The van der Waals surface area contributed by atoms with Crippen LogP contribution in [-0.2, 0) is 29.2 Å². The number of Topliss-reactive ketones (excluding diaryl/α,β-unsaturated/α-hetero) is 1. The molecule has 0 N–H and O–H groups in total. The maximum absolute atomic E-state index is 13.0. The van der Waals surface area contributed by atoms with E-state index < -0.39 is 0 Å². The molecule has 5 heteroatoms. The van der Waals surface area contributed by atoms with Gasteiger partial charge in [0.25, 0.3) is 0 Å². The summed E-state index contributed by atoms with van der Waals surface area (Å²) in [7, 11) is 1.84. The van der Waals surface area contributed by atoms with Gasteiger partial charge in [0.2, 0.25) is 5.91 Å². The molecule has 0 spiro atoms. The molecule has 0 saturated carbocycles. The third-order valence-corrected chi connectivity index (χ3v) is 6.52. The van der Waals surface area contributed by atoms with Crippen molar-refractivity contribution in [2.24, 2.45) is 0 Å². The van der Waals surface area contributed by atoms with Crippen molar-refractivity contribution in [1.29, 1.82) is 0 Å². The Morgan fingerprint density at radius 2 is 1.60 bits per heavy atom. The molecule has 1 unspecified atom stereocenters. The maximum Gasteiger partial charge on any atom is 0.242 e. The van der Waals surface area contributed by atoms with E-state index in [4.69, 9.17) is 4.74 Å². The number of amides is 1. The van der Waals surface area contributed by atoms with E-state index in [9.17, 15) is 9.59 Å². The number of carbonyl (C=O) groups is 2. The second-order valence-corrected chi connectivity index (χ2v) is 9.05. The van der Waals surface area contributed by atoms with Crippen molar-refractivity contribution in [3.63, 3.8) is 0 Å². The summed E-state index contributed by atoms with van der Waals surface area (Å²) in [5, 5.41) is 0.943. The molecule has 35 heavy (non-hydrogen) atoms. The third-order valence-electron chi connectivity index (χ3n) is 6.52. The quantitative estimate of drug-likeness (QED) is 0.304. The molecule has 1 aromatic heterocycles. The molecule has 0 fully saturated rings. The van der Waals surface area contributed by atoms with Crippen molar-refractivity contribution in [3.05, 3.63) is 102 Å². The molecular formula is C30H32N2O3. The highest BCUT2D eigenvalue weighted by Crippen LogP contribution is 2.32. The normalized spacial score (nSPS) is 11.9. The standard InChI is InChI=1S/C30H32N2O3/c1-22(23(2)33)28-19-32(20-30(34)31(3)17-16-24-10-6-4-7-11-24)29-15-14-26(18-27(28)29)35-21-25-12-8-5-9-13-25/h4-15,18-19,22H,16-17,20-21H2,1-3H3. The minimum atomic E-state index is -0.269. The highest BCUT2D eigenvalue weighted by molar-refractivity contribution is 5.93. The monoisotopic (exact) mass is 468 g/mol. The predicted molar refractivity (Wildman–Crippen MR) is 140 cm³/mol. The van der Waals surface area contributed by atoms with Crippen LogP contribution in [0.4, 0.5) is 0 Å². The van der Waals surface area contributed by atoms with Gasteiger partial charge in [-0.1, -0.05) is 67.6 Å². The number of aromatic nitrogens is 1. The van der Waals surface area contributed by atoms with Crippen molar-refractivity contribution < 1.29 is 14.3 Å². The summed E-state index contributed by atoms with van der Waals surface area (Å²) in [6, 6.07) is 26.1. The molecule has 5 nitrogen and oxygen atoms in total. The summed E-state index contributed by atoms with van der Waals surface area (Å²) in [5.74, 6) is 0.590. The van der Waals surface area contributed by atoms with Crippen LogP contribution in [0.15, 0.2) is 85.1 Å². The fraction of sp³-hybridized carbons (Fsp3) is 0.267. The van der Waals surface area contributed by atoms with E-state index in [1.54, 1.807) is 11.8 Å². The molecule has 0 radical (unpaired) electrons. The van der Waals surface area contributed by atoms with Gasteiger partial charge in [0, 0.05) is 36.6 Å². The number of ketones is 1. The first-order chi connectivity index (χ1) is 16.9. The van der Waals surface area contributed by atoms with Gasteiger partial charge in [0.05, 0.1) is 0 Å². The molecule has 0 aliphatic carbocycles. The molecule has 1 heterocycles. The Balaban J connectivity index is 1.53. The van der Waals surface area contributed by atoms with Crippen LogP contribution < -0.4 is 4.74 Å². The Hall–Kier alpha value is -3.86. The van der Waals surface area contributed by atoms with E-state index in [0.717, 1.165) is 34.2 Å². The number of rotatable bonds is 10. The Morgan fingerprint density at radius 3 is 2.26 bits per heavy atom. The predicted octanol–water partition coefficient (Wildman–Crippen LogP) is 5.61. The lowest BCUT2D eigenvalue weighted by atomic mass is 9.97. The van der Waals surface area contributed by atoms with E-state index in [-0.39, 0.29) is 24.2 Å². The number of carbonyl (C=O) groups excluding carboxylic acids is 2. The average Bonchev–Trinajstić information content (AvgIpc) is 3.24. The highest BCUT2D eigenvalue weighted by Gasteiger charge is 2.20. The molecule has 4 aromatic rings. The van der Waals surface area contributed by atoms with E-state index in [2.05, 4.69) is 12.1 Å². The van der Waals surface area contributed by atoms with Crippen molar-refractivity contribution in [2.45, 2.75) is 39.3 Å². The Kier molecular flexibility index (Phi) is 7.66. The summed E-state index contributed by atoms with van der Waals surface area (Å²) in [5.41, 5.74) is 4.13. The molecule has 180 valence electrons. The van der Waals surface area contributed by atoms with Gasteiger partial charge < -0.3 is 14.2 Å². The largest absolute Gasteiger partial charge is 0.489 e. The van der Waals surface area contributed by atoms with Crippen molar-refractivity contribution in [2.75, 3.05) is 13.6 Å². The topological polar surface area (TPSA) is 51.5 Å². The first-order valence-corrected chi connectivity index (χ1v) is 12.0. The van der Waals surface area contributed by atoms with Crippen LogP contribution >= 0.6 is 0 Å². The number of hydrogen-bond acceptors (Lipinski definition) is 3. The summed E-state index contributed by atoms with van der Waals surface area (Å²) < 4.78 is 7.98. The smallest absolute Gasteiger partial charge is 0.242 e. The highest BCUT2D eigenvalue weighted by atomic mass is 16.5. The van der Waals surface area contributed by atoms with Crippen LogP contribution in [0.25, 0.3) is 10.9 Å². The van der Waals surface area contributed by atoms with Gasteiger partial charge in [-0.15, -0.1) is 0 Å². The molecular weight excluding hydrogens is 436 g/mol. The number of fused-ring (bicyclic) bond motifs is 1. The lowest BCUT2D eigenvalue weighted by molar-refractivity contribution is -0.130. The minimum absolute atomic E-state index is 0.0317. The van der Waals surface area contributed by atoms with Crippen LogP contribution in [0.3, 0.4) is 0 Å². The fourth-order valence-corrected chi connectivity index (χ4v) is 4.16. The summed E-state index contributed by atoms with van der Waals surface area (Å²) in [4.78, 5) is 27.0.